The van der Waals surface area contributed by atoms with E-state index < -0.39 is 9.84 Å². The molecule has 29 heavy (non-hydrogen) atoms. The first-order valence-corrected chi connectivity index (χ1v) is 12.4. The Labute approximate surface area is 179 Å². The highest BCUT2D eigenvalue weighted by Crippen LogP contribution is 2.35. The second-order valence-corrected chi connectivity index (χ2v) is 10.4. The summed E-state index contributed by atoms with van der Waals surface area (Å²) < 4.78 is 22.9. The summed E-state index contributed by atoms with van der Waals surface area (Å²) in [5.41, 5.74) is 4.46. The van der Waals surface area contributed by atoms with E-state index in [9.17, 15) is 8.42 Å². The highest BCUT2D eigenvalue weighted by Gasteiger charge is 2.20. The predicted molar refractivity (Wildman–Crippen MR) is 127 cm³/mol. The van der Waals surface area contributed by atoms with E-state index in [0.29, 0.717) is 17.2 Å². The predicted octanol–water partition coefficient (Wildman–Crippen LogP) is 7.32. The molecule has 1 unspecified atom stereocenters. The average Bonchev–Trinajstić information content (AvgIpc) is 3.11. The van der Waals surface area contributed by atoms with Gasteiger partial charge in [0.1, 0.15) is 0 Å². The Bertz CT molecular complexity index is 835. The second kappa shape index (κ2) is 12.6. The number of sulfone groups is 1. The average molecular weight is 415 g/mol. The van der Waals surface area contributed by atoms with Gasteiger partial charge >= 0.3 is 0 Å². The Morgan fingerprint density at radius 2 is 1.59 bits per heavy atom. The van der Waals surface area contributed by atoms with E-state index in [0.717, 1.165) is 5.92 Å². The molecule has 0 aliphatic heterocycles. The molecule has 0 saturated carbocycles. The summed E-state index contributed by atoms with van der Waals surface area (Å²) >= 11 is 0. The summed E-state index contributed by atoms with van der Waals surface area (Å²) in [4.78, 5) is 0.423. The molecule has 0 radical (unpaired) electrons. The zero-order valence-electron chi connectivity index (χ0n) is 19.0. The number of hydrogen-bond donors (Lipinski definition) is 0. The molecule has 0 spiro atoms. The summed E-state index contributed by atoms with van der Waals surface area (Å²) in [6.45, 7) is 12.8. The van der Waals surface area contributed by atoms with E-state index in [-0.39, 0.29) is 5.75 Å². The van der Waals surface area contributed by atoms with Crippen LogP contribution in [0.5, 0.6) is 0 Å². The fraction of sp³-hybridized carbons (Fsp3) is 0.462. The highest BCUT2D eigenvalue weighted by molar-refractivity contribution is 7.91. The third-order valence-corrected chi connectivity index (χ3v) is 6.21. The normalized spacial score (nSPS) is 17.2. The molecular formula is C26H38O2S. The fourth-order valence-electron chi connectivity index (χ4n) is 3.19. The first-order chi connectivity index (χ1) is 13.7. The molecule has 0 amide bonds. The number of allylic oxidation sites excluding steroid dienone is 8. The monoisotopic (exact) mass is 414 g/mol. The van der Waals surface area contributed by atoms with Crippen molar-refractivity contribution in [2.45, 2.75) is 65.7 Å². The van der Waals surface area contributed by atoms with E-state index in [2.05, 4.69) is 65.0 Å². The van der Waals surface area contributed by atoms with Gasteiger partial charge in [0.15, 0.2) is 9.84 Å². The maximum atomic E-state index is 11.4. The topological polar surface area (TPSA) is 34.1 Å². The van der Waals surface area contributed by atoms with Crippen LogP contribution in [0.4, 0.5) is 0 Å². The Balaban J connectivity index is 0.000000247. The maximum absolute atomic E-state index is 11.4. The molecule has 3 rings (SSSR count). The Kier molecular flexibility index (Phi) is 11.0. The van der Waals surface area contributed by atoms with Crippen molar-refractivity contribution >= 4 is 9.84 Å². The minimum Gasteiger partial charge on any atom is -0.224 e. The molecule has 0 heterocycles. The molecule has 0 N–H and O–H groups in total. The van der Waals surface area contributed by atoms with Gasteiger partial charge in [0, 0.05) is 5.92 Å². The zero-order valence-corrected chi connectivity index (χ0v) is 19.8. The van der Waals surface area contributed by atoms with Crippen molar-refractivity contribution in [1.82, 2.24) is 0 Å². The van der Waals surface area contributed by atoms with Gasteiger partial charge in [-0.2, -0.15) is 0 Å². The summed E-state index contributed by atoms with van der Waals surface area (Å²) in [5, 5.41) is 0. The van der Waals surface area contributed by atoms with Gasteiger partial charge in [0.25, 0.3) is 0 Å². The first kappa shape index (κ1) is 25.2. The lowest BCUT2D eigenvalue weighted by Crippen LogP contribution is -2.05. The van der Waals surface area contributed by atoms with Gasteiger partial charge in [0.2, 0.25) is 0 Å². The molecule has 0 saturated heterocycles. The third-order valence-electron chi connectivity index (χ3n) is 4.27. The molecule has 160 valence electrons. The van der Waals surface area contributed by atoms with Crippen LogP contribution in [-0.2, 0) is 9.84 Å². The van der Waals surface area contributed by atoms with Gasteiger partial charge < -0.3 is 0 Å². The van der Waals surface area contributed by atoms with Gasteiger partial charge in [-0.15, -0.1) is 0 Å². The van der Waals surface area contributed by atoms with E-state index >= 15 is 0 Å². The number of fused-ring (bicyclic) bond motifs is 1. The van der Waals surface area contributed by atoms with Gasteiger partial charge in [-0.3, -0.25) is 0 Å². The van der Waals surface area contributed by atoms with E-state index in [1.54, 1.807) is 29.8 Å². The van der Waals surface area contributed by atoms with Crippen molar-refractivity contribution in [2.75, 3.05) is 5.75 Å². The lowest BCUT2D eigenvalue weighted by atomic mass is 9.84. The van der Waals surface area contributed by atoms with Crippen molar-refractivity contribution in [1.29, 1.82) is 0 Å². The van der Waals surface area contributed by atoms with Gasteiger partial charge in [-0.25, -0.2) is 8.42 Å². The smallest absolute Gasteiger partial charge is 0.178 e. The maximum Gasteiger partial charge on any atom is 0.178 e. The molecule has 2 aliphatic carbocycles. The summed E-state index contributed by atoms with van der Waals surface area (Å²) in [5.74, 6) is 1.67. The van der Waals surface area contributed by atoms with Crippen LogP contribution >= 0.6 is 0 Å². The number of hydrogen-bond acceptors (Lipinski definition) is 2. The van der Waals surface area contributed by atoms with Gasteiger partial charge in [-0.05, 0) is 43.4 Å². The molecular weight excluding hydrogens is 376 g/mol. The highest BCUT2D eigenvalue weighted by atomic mass is 32.2. The van der Waals surface area contributed by atoms with Crippen molar-refractivity contribution in [3.63, 3.8) is 0 Å². The molecule has 0 aromatic heterocycles. The van der Waals surface area contributed by atoms with Crippen molar-refractivity contribution in [3.05, 3.63) is 77.4 Å². The molecule has 1 atom stereocenters. The van der Waals surface area contributed by atoms with Crippen molar-refractivity contribution < 1.29 is 8.42 Å². The Morgan fingerprint density at radius 1 is 0.966 bits per heavy atom. The number of benzene rings is 1. The minimum atomic E-state index is -3.01. The van der Waals surface area contributed by atoms with E-state index in [1.165, 1.54) is 24.0 Å². The Hall–Kier alpha value is -1.87. The van der Waals surface area contributed by atoms with Crippen LogP contribution in [0, 0.1) is 11.8 Å². The molecule has 0 bridgehead atoms. The molecule has 2 nitrogen and oxygen atoms in total. The van der Waals surface area contributed by atoms with Gasteiger partial charge in [0.05, 0.1) is 10.6 Å². The molecule has 3 heteroatoms. The number of rotatable bonds is 5. The summed E-state index contributed by atoms with van der Waals surface area (Å²) in [6.07, 6.45) is 14.5. The van der Waals surface area contributed by atoms with Crippen LogP contribution < -0.4 is 0 Å². The second-order valence-electron chi connectivity index (χ2n) is 8.25. The molecule has 1 aromatic rings. The van der Waals surface area contributed by atoms with Crippen molar-refractivity contribution in [3.8, 4) is 0 Å². The SMILES string of the molecule is CC(C)C.CCCC1=CC(C)=CC2=CC=CC21.CCCS(=O)(=O)c1ccccc1. The largest absolute Gasteiger partial charge is 0.224 e. The van der Waals surface area contributed by atoms with Crippen LogP contribution in [0.3, 0.4) is 0 Å². The standard InChI is InChI=1S/C13H16.C9H12O2S.C4H10/c1-3-5-11-8-10(2)9-12-6-4-7-13(11)12;1-2-8-12(10,11)9-6-4-3-5-7-9;1-4(2)3/h4,6-9,13H,3,5H2,1-2H3;3-7H,2,8H2,1H3;4H,1-3H3. The minimum absolute atomic E-state index is 0.233. The summed E-state index contributed by atoms with van der Waals surface area (Å²) in [7, 11) is -3.01. The zero-order chi connectivity index (χ0) is 21.9. The van der Waals surface area contributed by atoms with Crippen LogP contribution in [0.1, 0.15) is 60.8 Å². The van der Waals surface area contributed by atoms with E-state index in [1.807, 2.05) is 13.0 Å². The van der Waals surface area contributed by atoms with Crippen molar-refractivity contribution in [2.24, 2.45) is 11.8 Å². The van der Waals surface area contributed by atoms with Crippen LogP contribution in [0.2, 0.25) is 0 Å². The molecule has 1 aromatic carbocycles. The van der Waals surface area contributed by atoms with E-state index in [4.69, 9.17) is 0 Å². The Morgan fingerprint density at radius 3 is 2.14 bits per heavy atom. The fourth-order valence-corrected chi connectivity index (χ4v) is 4.53. The quantitative estimate of drug-likeness (QED) is 0.506. The van der Waals surface area contributed by atoms with Crippen LogP contribution in [-0.4, -0.2) is 14.2 Å². The lowest BCUT2D eigenvalue weighted by molar-refractivity contribution is 0.594. The van der Waals surface area contributed by atoms with Crippen LogP contribution in [0.15, 0.2) is 82.3 Å². The molecule has 0 fully saturated rings. The summed E-state index contributed by atoms with van der Waals surface area (Å²) in [6, 6.07) is 8.55. The third kappa shape index (κ3) is 8.99. The first-order valence-electron chi connectivity index (χ1n) is 10.8. The van der Waals surface area contributed by atoms with Gasteiger partial charge in [-0.1, -0.05) is 101 Å². The lowest BCUT2D eigenvalue weighted by Gasteiger charge is -2.20. The van der Waals surface area contributed by atoms with Crippen LogP contribution in [0.25, 0.3) is 0 Å². The molecule has 2 aliphatic rings.